The molecular formula is C16H22BrN. The normalized spacial score (nSPS) is 12.8. The lowest BCUT2D eigenvalue weighted by atomic mass is 9.95. The second-order valence-corrected chi connectivity index (χ2v) is 6.41. The topological polar surface area (TPSA) is 12.0 Å². The first-order chi connectivity index (χ1) is 8.35. The molecule has 1 aromatic rings. The van der Waals surface area contributed by atoms with Crippen molar-refractivity contribution in [3.05, 3.63) is 33.8 Å². The zero-order valence-electron chi connectivity index (χ0n) is 11.9. The highest BCUT2D eigenvalue weighted by Gasteiger charge is 2.12. The molecule has 18 heavy (non-hydrogen) atoms. The van der Waals surface area contributed by atoms with Crippen molar-refractivity contribution in [2.45, 2.75) is 40.2 Å². The van der Waals surface area contributed by atoms with Gasteiger partial charge in [0.2, 0.25) is 0 Å². The maximum atomic E-state index is 3.58. The Labute approximate surface area is 119 Å². The second kappa shape index (κ2) is 6.41. The van der Waals surface area contributed by atoms with Gasteiger partial charge in [-0.3, -0.25) is 0 Å². The molecule has 0 bridgehead atoms. The molecule has 2 heteroatoms. The van der Waals surface area contributed by atoms with Crippen LogP contribution in [0.1, 0.15) is 44.4 Å². The summed E-state index contributed by atoms with van der Waals surface area (Å²) in [6, 6.07) is 6.61. The van der Waals surface area contributed by atoms with Crippen molar-refractivity contribution in [3.63, 3.8) is 0 Å². The Hall–Kier alpha value is -0.780. The molecule has 0 radical (unpaired) electrons. The molecule has 1 N–H and O–H groups in total. The Bertz CT molecular complexity index is 460. The molecular weight excluding hydrogens is 286 g/mol. The van der Waals surface area contributed by atoms with Crippen LogP contribution in [0, 0.1) is 24.2 Å². The zero-order valence-corrected chi connectivity index (χ0v) is 13.5. The van der Waals surface area contributed by atoms with E-state index in [2.05, 4.69) is 79.0 Å². The van der Waals surface area contributed by atoms with Crippen molar-refractivity contribution in [3.8, 4) is 11.8 Å². The van der Waals surface area contributed by atoms with Crippen LogP contribution < -0.4 is 5.32 Å². The number of nitrogens with one attached hydrogen (secondary N) is 1. The van der Waals surface area contributed by atoms with Gasteiger partial charge in [-0.1, -0.05) is 34.0 Å². The molecule has 0 aromatic heterocycles. The molecule has 0 saturated carbocycles. The highest BCUT2D eigenvalue weighted by atomic mass is 79.9. The number of rotatable bonds is 3. The lowest BCUT2D eigenvalue weighted by Crippen LogP contribution is -2.17. The fraction of sp³-hybridized carbons (Fsp3) is 0.500. The first-order valence-electron chi connectivity index (χ1n) is 6.27. The van der Waals surface area contributed by atoms with E-state index in [0.29, 0.717) is 0 Å². The minimum atomic E-state index is 0.0740. The summed E-state index contributed by atoms with van der Waals surface area (Å²) in [5.74, 6) is 6.58. The summed E-state index contributed by atoms with van der Waals surface area (Å²) < 4.78 is 1.16. The number of hydrogen-bond acceptors (Lipinski definition) is 1. The van der Waals surface area contributed by atoms with Crippen molar-refractivity contribution in [2.75, 3.05) is 7.05 Å². The van der Waals surface area contributed by atoms with Gasteiger partial charge in [0, 0.05) is 22.4 Å². The fourth-order valence-electron chi connectivity index (χ4n) is 1.79. The van der Waals surface area contributed by atoms with Crippen LogP contribution in [0.3, 0.4) is 0 Å². The molecule has 0 fully saturated rings. The van der Waals surface area contributed by atoms with E-state index in [1.807, 2.05) is 7.05 Å². The third-order valence-corrected chi connectivity index (χ3v) is 3.66. The van der Waals surface area contributed by atoms with Gasteiger partial charge in [-0.15, -0.1) is 5.92 Å². The standard InChI is InChI=1S/C16H22BrN/c1-12-13(8-6-9-14(12)17)15(18-5)10-7-11-16(2,3)4/h6,8-9,15,18H,10H2,1-5H3. The Morgan fingerprint density at radius 2 is 2.00 bits per heavy atom. The van der Waals surface area contributed by atoms with Crippen molar-refractivity contribution >= 4 is 15.9 Å². The van der Waals surface area contributed by atoms with Gasteiger partial charge >= 0.3 is 0 Å². The van der Waals surface area contributed by atoms with Crippen molar-refractivity contribution in [2.24, 2.45) is 5.41 Å². The van der Waals surface area contributed by atoms with Gasteiger partial charge in [0.25, 0.3) is 0 Å². The summed E-state index contributed by atoms with van der Waals surface area (Å²) in [7, 11) is 1.99. The molecule has 0 aliphatic heterocycles. The van der Waals surface area contributed by atoms with Crippen LogP contribution >= 0.6 is 15.9 Å². The van der Waals surface area contributed by atoms with E-state index < -0.39 is 0 Å². The lowest BCUT2D eigenvalue weighted by Gasteiger charge is -2.17. The molecule has 0 heterocycles. The molecule has 1 unspecified atom stereocenters. The number of hydrogen-bond donors (Lipinski definition) is 1. The van der Waals surface area contributed by atoms with Gasteiger partial charge in [-0.2, -0.15) is 0 Å². The molecule has 1 aromatic carbocycles. The average molecular weight is 308 g/mol. The van der Waals surface area contributed by atoms with Crippen LogP contribution in [0.25, 0.3) is 0 Å². The van der Waals surface area contributed by atoms with Crippen LogP contribution in [0.4, 0.5) is 0 Å². The lowest BCUT2D eigenvalue weighted by molar-refractivity contribution is 0.565. The summed E-state index contributed by atoms with van der Waals surface area (Å²) in [6.45, 7) is 8.55. The summed E-state index contributed by atoms with van der Waals surface area (Å²) in [5, 5.41) is 3.35. The molecule has 0 aliphatic rings. The van der Waals surface area contributed by atoms with Crippen LogP contribution in [0.2, 0.25) is 0 Å². The first-order valence-corrected chi connectivity index (χ1v) is 7.07. The van der Waals surface area contributed by atoms with E-state index in [-0.39, 0.29) is 11.5 Å². The van der Waals surface area contributed by atoms with Crippen LogP contribution in [0.5, 0.6) is 0 Å². The van der Waals surface area contributed by atoms with Crippen molar-refractivity contribution < 1.29 is 0 Å². The molecule has 98 valence electrons. The van der Waals surface area contributed by atoms with Gasteiger partial charge in [0.05, 0.1) is 0 Å². The SMILES string of the molecule is CNC(CC#CC(C)(C)C)c1cccc(Br)c1C. The van der Waals surface area contributed by atoms with Crippen molar-refractivity contribution in [1.29, 1.82) is 0 Å². The summed E-state index contributed by atoms with van der Waals surface area (Å²) in [4.78, 5) is 0. The van der Waals surface area contributed by atoms with Gasteiger partial charge < -0.3 is 5.32 Å². The Morgan fingerprint density at radius 3 is 2.56 bits per heavy atom. The van der Waals surface area contributed by atoms with Crippen LogP contribution in [-0.4, -0.2) is 7.05 Å². The maximum absolute atomic E-state index is 3.58. The van der Waals surface area contributed by atoms with Gasteiger partial charge in [0.1, 0.15) is 0 Å². The summed E-state index contributed by atoms with van der Waals surface area (Å²) in [5.41, 5.74) is 2.68. The predicted molar refractivity (Wildman–Crippen MR) is 82.5 cm³/mol. The van der Waals surface area contributed by atoms with Gasteiger partial charge in [0.15, 0.2) is 0 Å². The second-order valence-electron chi connectivity index (χ2n) is 5.55. The summed E-state index contributed by atoms with van der Waals surface area (Å²) >= 11 is 3.58. The largest absolute Gasteiger partial charge is 0.312 e. The van der Waals surface area contributed by atoms with Crippen molar-refractivity contribution in [1.82, 2.24) is 5.32 Å². The third-order valence-electron chi connectivity index (χ3n) is 2.80. The average Bonchev–Trinajstić information content (AvgIpc) is 2.27. The molecule has 1 atom stereocenters. The van der Waals surface area contributed by atoms with E-state index in [0.717, 1.165) is 10.9 Å². The molecule has 1 nitrogen and oxygen atoms in total. The van der Waals surface area contributed by atoms with Gasteiger partial charge in [-0.25, -0.2) is 0 Å². The molecule has 0 amide bonds. The number of halogens is 1. The fourth-order valence-corrected chi connectivity index (χ4v) is 2.17. The highest BCUT2D eigenvalue weighted by Crippen LogP contribution is 2.26. The monoisotopic (exact) mass is 307 g/mol. The Morgan fingerprint density at radius 1 is 1.33 bits per heavy atom. The predicted octanol–water partition coefficient (Wildman–Crippen LogP) is 4.46. The smallest absolute Gasteiger partial charge is 0.0431 e. The van der Waals surface area contributed by atoms with E-state index in [9.17, 15) is 0 Å². The maximum Gasteiger partial charge on any atom is 0.0431 e. The molecule has 0 aliphatic carbocycles. The van der Waals surface area contributed by atoms with E-state index in [1.165, 1.54) is 11.1 Å². The quantitative estimate of drug-likeness (QED) is 0.813. The highest BCUT2D eigenvalue weighted by molar-refractivity contribution is 9.10. The Balaban J connectivity index is 2.90. The van der Waals surface area contributed by atoms with E-state index in [4.69, 9.17) is 0 Å². The summed E-state index contributed by atoms with van der Waals surface area (Å²) in [6.07, 6.45) is 0.838. The molecule has 0 spiro atoms. The number of benzene rings is 1. The molecule has 0 saturated heterocycles. The van der Waals surface area contributed by atoms with Crippen LogP contribution in [-0.2, 0) is 0 Å². The first kappa shape index (κ1) is 15.3. The molecule has 1 rings (SSSR count). The van der Waals surface area contributed by atoms with Crippen LogP contribution in [0.15, 0.2) is 22.7 Å². The van der Waals surface area contributed by atoms with Gasteiger partial charge in [-0.05, 0) is 51.9 Å². The zero-order chi connectivity index (χ0) is 13.8. The van der Waals surface area contributed by atoms with E-state index >= 15 is 0 Å². The minimum absolute atomic E-state index is 0.0740. The third kappa shape index (κ3) is 4.48. The Kier molecular flexibility index (Phi) is 5.44. The van der Waals surface area contributed by atoms with E-state index in [1.54, 1.807) is 0 Å². The minimum Gasteiger partial charge on any atom is -0.312 e.